The highest BCUT2D eigenvalue weighted by Crippen LogP contribution is 2.23. The van der Waals surface area contributed by atoms with Gasteiger partial charge >= 0.3 is 5.97 Å². The van der Waals surface area contributed by atoms with E-state index in [4.69, 9.17) is 9.52 Å². The van der Waals surface area contributed by atoms with Crippen LogP contribution in [0.2, 0.25) is 0 Å². The molecule has 21 heavy (non-hydrogen) atoms. The zero-order valence-electron chi connectivity index (χ0n) is 12.0. The molecular formula is C14H16N2O4S. The van der Waals surface area contributed by atoms with Gasteiger partial charge in [0.15, 0.2) is 5.16 Å². The van der Waals surface area contributed by atoms with E-state index in [2.05, 4.69) is 9.97 Å². The lowest BCUT2D eigenvalue weighted by Crippen LogP contribution is -2.19. The summed E-state index contributed by atoms with van der Waals surface area (Å²) < 4.78 is 5.15. The fourth-order valence-corrected chi connectivity index (χ4v) is 2.37. The number of nitrogens with one attached hydrogen (secondary N) is 1. The molecule has 0 fully saturated rings. The Hall–Kier alpha value is -2.02. The molecule has 0 aromatic carbocycles. The van der Waals surface area contributed by atoms with Crippen molar-refractivity contribution in [2.45, 2.75) is 37.1 Å². The van der Waals surface area contributed by atoms with E-state index in [0.29, 0.717) is 22.4 Å². The summed E-state index contributed by atoms with van der Waals surface area (Å²) in [6, 6.07) is 4.49. The van der Waals surface area contributed by atoms with Crippen molar-refractivity contribution >= 4 is 17.7 Å². The number of carboxylic acid groups (broad SMARTS) is 1. The molecule has 0 atom stereocenters. The Labute approximate surface area is 125 Å². The lowest BCUT2D eigenvalue weighted by molar-refractivity contribution is 0.0661. The lowest BCUT2D eigenvalue weighted by atomic mass is 9.92. The molecule has 0 aliphatic heterocycles. The van der Waals surface area contributed by atoms with E-state index >= 15 is 0 Å². The maximum atomic E-state index is 11.7. The Morgan fingerprint density at radius 2 is 2.14 bits per heavy atom. The SMILES string of the molecule is CC(C)(C)c1cc(=O)[nH]c(SCc2ccc(C(=O)O)o2)n1. The first-order valence-electron chi connectivity index (χ1n) is 6.32. The number of thioether (sulfide) groups is 1. The normalized spacial score (nSPS) is 11.6. The molecule has 0 unspecified atom stereocenters. The summed E-state index contributed by atoms with van der Waals surface area (Å²) in [7, 11) is 0. The van der Waals surface area contributed by atoms with Crippen molar-refractivity contribution < 1.29 is 14.3 Å². The number of carboxylic acids is 1. The summed E-state index contributed by atoms with van der Waals surface area (Å²) in [5.41, 5.74) is 0.285. The predicted octanol–water partition coefficient (Wildman–Crippen LogP) is 2.65. The number of rotatable bonds is 4. The highest BCUT2D eigenvalue weighted by Gasteiger charge is 2.17. The third kappa shape index (κ3) is 3.98. The van der Waals surface area contributed by atoms with Crippen LogP contribution >= 0.6 is 11.8 Å². The van der Waals surface area contributed by atoms with Crippen molar-refractivity contribution in [2.24, 2.45) is 0 Å². The van der Waals surface area contributed by atoms with Crippen LogP contribution in [0.3, 0.4) is 0 Å². The van der Waals surface area contributed by atoms with Gasteiger partial charge in [-0.1, -0.05) is 32.5 Å². The summed E-state index contributed by atoms with van der Waals surface area (Å²) in [6.07, 6.45) is 0. The lowest BCUT2D eigenvalue weighted by Gasteiger charge is -2.17. The Balaban J connectivity index is 2.14. The largest absolute Gasteiger partial charge is 0.475 e. The maximum Gasteiger partial charge on any atom is 0.371 e. The fraction of sp³-hybridized carbons (Fsp3) is 0.357. The van der Waals surface area contributed by atoms with E-state index in [1.54, 1.807) is 6.07 Å². The molecule has 0 amide bonds. The third-order valence-electron chi connectivity index (χ3n) is 2.71. The van der Waals surface area contributed by atoms with Gasteiger partial charge in [0.25, 0.3) is 5.56 Å². The number of furan rings is 1. The van der Waals surface area contributed by atoms with E-state index in [1.807, 2.05) is 20.8 Å². The molecule has 2 N–H and O–H groups in total. The van der Waals surface area contributed by atoms with E-state index in [-0.39, 0.29) is 16.7 Å². The van der Waals surface area contributed by atoms with Crippen molar-refractivity contribution in [3.63, 3.8) is 0 Å². The highest BCUT2D eigenvalue weighted by molar-refractivity contribution is 7.98. The molecule has 0 saturated carbocycles. The molecule has 2 aromatic heterocycles. The van der Waals surface area contributed by atoms with Gasteiger partial charge in [0.05, 0.1) is 11.4 Å². The summed E-state index contributed by atoms with van der Waals surface area (Å²) in [6.45, 7) is 5.94. The van der Waals surface area contributed by atoms with Crippen molar-refractivity contribution in [1.82, 2.24) is 9.97 Å². The van der Waals surface area contributed by atoms with Gasteiger partial charge in [0, 0.05) is 11.5 Å². The van der Waals surface area contributed by atoms with Crippen LogP contribution in [0, 0.1) is 0 Å². The molecule has 0 saturated heterocycles. The second kappa shape index (κ2) is 5.77. The molecule has 0 aliphatic rings. The second-order valence-corrected chi connectivity index (χ2v) is 6.51. The van der Waals surface area contributed by atoms with Gasteiger partial charge in [-0.3, -0.25) is 4.79 Å². The zero-order valence-corrected chi connectivity index (χ0v) is 12.8. The quantitative estimate of drug-likeness (QED) is 0.666. The van der Waals surface area contributed by atoms with Gasteiger partial charge < -0.3 is 14.5 Å². The van der Waals surface area contributed by atoms with E-state index in [0.717, 1.165) is 0 Å². The Morgan fingerprint density at radius 1 is 1.43 bits per heavy atom. The number of hydrogen-bond acceptors (Lipinski definition) is 5. The molecule has 0 spiro atoms. The summed E-state index contributed by atoms with van der Waals surface area (Å²) in [5.74, 6) is -0.298. The molecule has 0 aliphatic carbocycles. The van der Waals surface area contributed by atoms with Crippen molar-refractivity contribution in [2.75, 3.05) is 0 Å². The first-order chi connectivity index (χ1) is 9.75. The Bertz CT molecular complexity index is 712. The molecule has 6 nitrogen and oxygen atoms in total. The first-order valence-corrected chi connectivity index (χ1v) is 7.31. The van der Waals surface area contributed by atoms with Crippen molar-refractivity contribution in [1.29, 1.82) is 0 Å². The average Bonchev–Trinajstić information content (AvgIpc) is 2.83. The van der Waals surface area contributed by atoms with E-state index in [1.165, 1.54) is 23.9 Å². The van der Waals surface area contributed by atoms with Gasteiger partial charge in [-0.15, -0.1) is 0 Å². The fourth-order valence-electron chi connectivity index (χ4n) is 1.60. The van der Waals surface area contributed by atoms with Crippen LogP contribution in [-0.2, 0) is 11.2 Å². The van der Waals surface area contributed by atoms with Crippen LogP contribution in [0.5, 0.6) is 0 Å². The minimum Gasteiger partial charge on any atom is -0.475 e. The zero-order chi connectivity index (χ0) is 15.6. The van der Waals surface area contributed by atoms with Gasteiger partial charge in [0.2, 0.25) is 5.76 Å². The molecular weight excluding hydrogens is 292 g/mol. The van der Waals surface area contributed by atoms with Gasteiger partial charge in [-0.2, -0.15) is 0 Å². The Kier molecular flexibility index (Phi) is 4.22. The van der Waals surface area contributed by atoms with Gasteiger partial charge in [-0.05, 0) is 12.1 Å². The number of aromatic carboxylic acids is 1. The monoisotopic (exact) mass is 308 g/mol. The van der Waals surface area contributed by atoms with Crippen molar-refractivity contribution in [3.05, 3.63) is 45.8 Å². The standard InChI is InChI=1S/C14H16N2O4S/c1-14(2,3)10-6-11(17)16-13(15-10)21-7-8-4-5-9(20-8)12(18)19/h4-6H,7H2,1-3H3,(H,18,19)(H,15,16,17). The van der Waals surface area contributed by atoms with Crippen LogP contribution in [0.25, 0.3) is 0 Å². The number of aromatic amines is 1. The summed E-state index contributed by atoms with van der Waals surface area (Å²) >= 11 is 1.29. The minimum absolute atomic E-state index is 0.101. The molecule has 2 aromatic rings. The first kappa shape index (κ1) is 15.4. The predicted molar refractivity (Wildman–Crippen MR) is 78.8 cm³/mol. The maximum absolute atomic E-state index is 11.7. The van der Waals surface area contributed by atoms with Crippen LogP contribution < -0.4 is 5.56 Å². The average molecular weight is 308 g/mol. The molecule has 0 bridgehead atoms. The second-order valence-electron chi connectivity index (χ2n) is 5.55. The van der Waals surface area contributed by atoms with E-state index < -0.39 is 5.97 Å². The smallest absolute Gasteiger partial charge is 0.371 e. The van der Waals surface area contributed by atoms with Crippen LogP contribution in [0.4, 0.5) is 0 Å². The molecule has 2 rings (SSSR count). The number of aromatic nitrogens is 2. The van der Waals surface area contributed by atoms with E-state index in [9.17, 15) is 9.59 Å². The summed E-state index contributed by atoms with van der Waals surface area (Å²) in [4.78, 5) is 29.4. The topological polar surface area (TPSA) is 96.2 Å². The minimum atomic E-state index is -1.10. The molecule has 112 valence electrons. The number of hydrogen-bond donors (Lipinski definition) is 2. The van der Waals surface area contributed by atoms with Crippen LogP contribution in [0.1, 0.15) is 42.8 Å². The van der Waals surface area contributed by atoms with Crippen molar-refractivity contribution in [3.8, 4) is 0 Å². The van der Waals surface area contributed by atoms with Gasteiger partial charge in [0.1, 0.15) is 5.76 Å². The van der Waals surface area contributed by atoms with Crippen LogP contribution in [0.15, 0.2) is 32.6 Å². The highest BCUT2D eigenvalue weighted by atomic mass is 32.2. The molecule has 2 heterocycles. The van der Waals surface area contributed by atoms with Crippen LogP contribution in [-0.4, -0.2) is 21.0 Å². The number of carbonyl (C=O) groups is 1. The Morgan fingerprint density at radius 3 is 2.71 bits per heavy atom. The molecule has 0 radical (unpaired) electrons. The molecule has 7 heteroatoms. The number of H-pyrrole nitrogens is 1. The van der Waals surface area contributed by atoms with Gasteiger partial charge in [-0.25, -0.2) is 9.78 Å². The number of nitrogens with zero attached hydrogens (tertiary/aromatic N) is 1. The third-order valence-corrected chi connectivity index (χ3v) is 3.61. The summed E-state index contributed by atoms with van der Waals surface area (Å²) in [5, 5.41) is 9.27.